The van der Waals surface area contributed by atoms with Gasteiger partial charge in [-0.3, -0.25) is 0 Å². The van der Waals surface area contributed by atoms with Crippen molar-refractivity contribution in [2.75, 3.05) is 14.2 Å². The quantitative estimate of drug-likeness (QED) is 0.141. The molecule has 8 nitrogen and oxygen atoms in total. The highest BCUT2D eigenvalue weighted by Crippen LogP contribution is 2.34. The highest BCUT2D eigenvalue weighted by Gasteiger charge is 2.17. The molecule has 0 atom stereocenters. The van der Waals surface area contributed by atoms with Gasteiger partial charge in [-0.2, -0.15) is 13.5 Å². The fraction of sp³-hybridized carbons (Fsp3) is 0.130. The Labute approximate surface area is 205 Å². The number of sulfonamides is 1. The van der Waals surface area contributed by atoms with Gasteiger partial charge in [0.2, 0.25) is 0 Å². The Kier molecular flexibility index (Phi) is 7.92. The second-order valence-corrected chi connectivity index (χ2v) is 9.64. The Morgan fingerprint density at radius 1 is 1.00 bits per heavy atom. The maximum atomic E-state index is 12.5. The van der Waals surface area contributed by atoms with Crippen molar-refractivity contribution in [1.29, 1.82) is 0 Å². The maximum absolute atomic E-state index is 12.5. The van der Waals surface area contributed by atoms with Crippen LogP contribution in [0.1, 0.15) is 21.5 Å². The lowest BCUT2D eigenvalue weighted by atomic mass is 10.2. The van der Waals surface area contributed by atoms with E-state index in [0.29, 0.717) is 26.2 Å². The topological polar surface area (TPSA) is 103 Å². The smallest absolute Gasteiger partial charge is 0.343 e. The molecule has 0 radical (unpaired) electrons. The summed E-state index contributed by atoms with van der Waals surface area (Å²) in [6.07, 6.45) is 1.34. The number of hydrazone groups is 1. The average Bonchev–Trinajstić information content (AvgIpc) is 2.80. The first-order chi connectivity index (χ1) is 15.7. The fourth-order valence-corrected chi connectivity index (χ4v) is 4.26. The van der Waals surface area contributed by atoms with Crippen LogP contribution in [0.15, 0.2) is 70.7 Å². The first-order valence-electron chi connectivity index (χ1n) is 9.59. The molecule has 10 heteroatoms. The molecule has 33 heavy (non-hydrogen) atoms. The number of halogens is 1. The molecule has 0 unspecified atom stereocenters. The third-order valence-corrected chi connectivity index (χ3v) is 6.53. The van der Waals surface area contributed by atoms with Gasteiger partial charge in [0.05, 0.1) is 34.5 Å². The minimum Gasteiger partial charge on any atom is -0.497 e. The van der Waals surface area contributed by atoms with Crippen molar-refractivity contribution in [3.05, 3.63) is 80.9 Å². The van der Waals surface area contributed by atoms with E-state index in [-0.39, 0.29) is 10.6 Å². The number of benzene rings is 3. The maximum Gasteiger partial charge on any atom is 0.343 e. The molecular weight excluding hydrogens is 559 g/mol. The molecule has 1 N–H and O–H groups in total. The summed E-state index contributed by atoms with van der Waals surface area (Å²) in [4.78, 5) is 14.8. The Morgan fingerprint density at radius 2 is 1.67 bits per heavy atom. The van der Waals surface area contributed by atoms with Gasteiger partial charge >= 0.3 is 5.97 Å². The molecule has 0 amide bonds. The van der Waals surface area contributed by atoms with E-state index in [1.807, 2.05) is 29.5 Å². The van der Waals surface area contributed by atoms with Crippen molar-refractivity contribution in [2.24, 2.45) is 5.10 Å². The largest absolute Gasteiger partial charge is 0.497 e. The van der Waals surface area contributed by atoms with Crippen LogP contribution < -0.4 is 19.0 Å². The monoisotopic (exact) mass is 580 g/mol. The molecule has 172 valence electrons. The molecule has 0 saturated carbocycles. The van der Waals surface area contributed by atoms with Crippen molar-refractivity contribution < 1.29 is 27.4 Å². The van der Waals surface area contributed by atoms with Gasteiger partial charge < -0.3 is 14.2 Å². The molecule has 0 heterocycles. The molecule has 0 aliphatic carbocycles. The number of hydrogen-bond acceptors (Lipinski definition) is 7. The van der Waals surface area contributed by atoms with E-state index in [4.69, 9.17) is 14.2 Å². The lowest BCUT2D eigenvalue weighted by molar-refractivity contribution is 0.0728. The van der Waals surface area contributed by atoms with E-state index in [2.05, 4.69) is 9.93 Å². The molecule has 0 fully saturated rings. The molecule has 0 bridgehead atoms. The molecule has 3 aromatic rings. The lowest BCUT2D eigenvalue weighted by Gasteiger charge is -2.12. The van der Waals surface area contributed by atoms with Crippen LogP contribution in [0.3, 0.4) is 0 Å². The summed E-state index contributed by atoms with van der Waals surface area (Å²) < 4.78 is 41.3. The summed E-state index contributed by atoms with van der Waals surface area (Å²) in [5.74, 6) is 0.615. The number of nitrogens with zero attached hydrogens (tertiary/aromatic N) is 1. The SMILES string of the molecule is COc1ccc(C(=O)Oc2c(I)cc(/C=N\NS(=O)(=O)c3ccc(C)cc3)cc2OC)cc1. The fourth-order valence-electron chi connectivity index (χ4n) is 2.73. The second kappa shape index (κ2) is 10.7. The van der Waals surface area contributed by atoms with Crippen LogP contribution in [0, 0.1) is 10.5 Å². The summed E-state index contributed by atoms with van der Waals surface area (Å²) in [6, 6.07) is 16.2. The van der Waals surface area contributed by atoms with Crippen LogP contribution in [0.4, 0.5) is 0 Å². The van der Waals surface area contributed by atoms with Crippen LogP contribution in [-0.4, -0.2) is 34.8 Å². The summed E-state index contributed by atoms with van der Waals surface area (Å²) in [5, 5.41) is 3.84. The van der Waals surface area contributed by atoms with E-state index in [9.17, 15) is 13.2 Å². The van der Waals surface area contributed by atoms with Gasteiger partial charge in [-0.25, -0.2) is 9.63 Å². The third kappa shape index (κ3) is 6.23. The normalized spacial score (nSPS) is 11.3. The van der Waals surface area contributed by atoms with E-state index < -0.39 is 16.0 Å². The van der Waals surface area contributed by atoms with Gasteiger partial charge in [0.15, 0.2) is 11.5 Å². The number of hydrogen-bond donors (Lipinski definition) is 1. The first kappa shape index (κ1) is 24.5. The number of rotatable bonds is 8. The Hall–Kier alpha value is -3.12. The summed E-state index contributed by atoms with van der Waals surface area (Å²) >= 11 is 2.00. The van der Waals surface area contributed by atoms with Crippen LogP contribution in [0.2, 0.25) is 0 Å². The minimum absolute atomic E-state index is 0.109. The minimum atomic E-state index is -3.79. The highest BCUT2D eigenvalue weighted by atomic mass is 127. The highest BCUT2D eigenvalue weighted by molar-refractivity contribution is 14.1. The van der Waals surface area contributed by atoms with Gasteiger partial charge in [0, 0.05) is 0 Å². The second-order valence-electron chi connectivity index (χ2n) is 6.82. The third-order valence-electron chi connectivity index (χ3n) is 4.49. The van der Waals surface area contributed by atoms with Crippen LogP contribution in [0.5, 0.6) is 17.2 Å². The van der Waals surface area contributed by atoms with Gasteiger partial charge in [0.1, 0.15) is 5.75 Å². The average molecular weight is 580 g/mol. The lowest BCUT2D eigenvalue weighted by Crippen LogP contribution is -2.18. The standard InChI is InChI=1S/C23H21IN2O6S/c1-15-4-10-19(11-5-15)33(28,29)26-25-14-16-12-20(24)22(21(13-16)31-3)32-23(27)17-6-8-18(30-2)9-7-17/h4-14,26H,1-3H3/b25-14-. The molecule has 3 aromatic carbocycles. The summed E-state index contributed by atoms with van der Waals surface area (Å²) in [5.41, 5.74) is 1.85. The Balaban J connectivity index is 1.76. The zero-order valence-electron chi connectivity index (χ0n) is 18.0. The Bertz CT molecular complexity index is 1270. The number of nitrogens with one attached hydrogen (secondary N) is 1. The van der Waals surface area contributed by atoms with Crippen molar-refractivity contribution in [3.8, 4) is 17.2 Å². The number of aryl methyl sites for hydroxylation is 1. The number of ether oxygens (including phenoxy) is 3. The molecule has 0 aliphatic rings. The molecule has 0 aromatic heterocycles. The first-order valence-corrected chi connectivity index (χ1v) is 12.1. The van der Waals surface area contributed by atoms with Crippen LogP contribution in [0.25, 0.3) is 0 Å². The molecule has 0 spiro atoms. The van der Waals surface area contributed by atoms with E-state index in [0.717, 1.165) is 5.56 Å². The zero-order valence-corrected chi connectivity index (χ0v) is 21.0. The van der Waals surface area contributed by atoms with Gasteiger partial charge in [-0.1, -0.05) is 17.7 Å². The van der Waals surface area contributed by atoms with Gasteiger partial charge in [-0.05, 0) is 83.6 Å². The van der Waals surface area contributed by atoms with Crippen molar-refractivity contribution in [2.45, 2.75) is 11.8 Å². The summed E-state index contributed by atoms with van der Waals surface area (Å²) in [7, 11) is -0.810. The number of carbonyl (C=O) groups excluding carboxylic acids is 1. The van der Waals surface area contributed by atoms with Crippen molar-refractivity contribution in [1.82, 2.24) is 4.83 Å². The number of esters is 1. The van der Waals surface area contributed by atoms with E-state index in [1.54, 1.807) is 55.6 Å². The molecular formula is C23H21IN2O6S. The van der Waals surface area contributed by atoms with Gasteiger partial charge in [0.25, 0.3) is 10.0 Å². The van der Waals surface area contributed by atoms with Crippen LogP contribution >= 0.6 is 22.6 Å². The van der Waals surface area contributed by atoms with Gasteiger partial charge in [-0.15, -0.1) is 0 Å². The predicted octanol–water partition coefficient (Wildman–Crippen LogP) is 4.15. The predicted molar refractivity (Wildman–Crippen MR) is 133 cm³/mol. The van der Waals surface area contributed by atoms with Crippen molar-refractivity contribution >= 4 is 44.8 Å². The molecule has 0 saturated heterocycles. The number of methoxy groups -OCH3 is 2. The molecule has 0 aliphatic heterocycles. The van der Waals surface area contributed by atoms with E-state index in [1.165, 1.54) is 25.5 Å². The van der Waals surface area contributed by atoms with Crippen molar-refractivity contribution in [3.63, 3.8) is 0 Å². The summed E-state index contributed by atoms with van der Waals surface area (Å²) in [6.45, 7) is 1.87. The Morgan fingerprint density at radius 3 is 2.27 bits per heavy atom. The number of carbonyl (C=O) groups is 1. The zero-order chi connectivity index (χ0) is 24.0. The molecule has 3 rings (SSSR count). The van der Waals surface area contributed by atoms with Crippen LogP contribution in [-0.2, 0) is 10.0 Å². The van der Waals surface area contributed by atoms with E-state index >= 15 is 0 Å².